The number of rotatable bonds is 3. The van der Waals surface area contributed by atoms with Gasteiger partial charge in [-0.2, -0.15) is 0 Å². The predicted molar refractivity (Wildman–Crippen MR) is 45.7 cm³/mol. The largest absolute Gasteiger partial charge is 0.573 e. The molecule has 1 unspecified atom stereocenters. The molecule has 0 aliphatic rings. The van der Waals surface area contributed by atoms with E-state index in [4.69, 9.17) is 10.2 Å². The SMILES string of the molecule is O=C(O)C(O)c1ccc(OC(F)(F)F)cc1. The monoisotopic (exact) mass is 236 g/mol. The number of carboxylic acids is 1. The van der Waals surface area contributed by atoms with Crippen LogP contribution >= 0.6 is 0 Å². The lowest BCUT2D eigenvalue weighted by atomic mass is 10.1. The molecule has 4 nitrogen and oxygen atoms in total. The van der Waals surface area contributed by atoms with Crippen molar-refractivity contribution in [2.45, 2.75) is 12.5 Å². The van der Waals surface area contributed by atoms with Gasteiger partial charge < -0.3 is 14.9 Å². The van der Waals surface area contributed by atoms with Crippen LogP contribution in [0.1, 0.15) is 11.7 Å². The summed E-state index contributed by atoms with van der Waals surface area (Å²) >= 11 is 0. The van der Waals surface area contributed by atoms with Crippen LogP contribution in [-0.2, 0) is 4.79 Å². The van der Waals surface area contributed by atoms with Crippen molar-refractivity contribution in [2.24, 2.45) is 0 Å². The molecule has 0 radical (unpaired) electrons. The summed E-state index contributed by atoms with van der Waals surface area (Å²) in [5.74, 6) is -1.96. The lowest BCUT2D eigenvalue weighted by molar-refractivity contribution is -0.274. The Morgan fingerprint density at radius 1 is 1.25 bits per heavy atom. The summed E-state index contributed by atoms with van der Waals surface area (Å²) in [6.45, 7) is 0. The number of ether oxygens (including phenoxy) is 1. The van der Waals surface area contributed by atoms with Gasteiger partial charge in [0.25, 0.3) is 0 Å². The van der Waals surface area contributed by atoms with Gasteiger partial charge in [-0.25, -0.2) is 4.79 Å². The maximum absolute atomic E-state index is 11.8. The second kappa shape index (κ2) is 4.40. The van der Waals surface area contributed by atoms with Crippen molar-refractivity contribution >= 4 is 5.97 Å². The van der Waals surface area contributed by atoms with Crippen LogP contribution in [0.5, 0.6) is 5.75 Å². The topological polar surface area (TPSA) is 66.8 Å². The first kappa shape index (κ1) is 12.3. The van der Waals surface area contributed by atoms with Gasteiger partial charge in [0.1, 0.15) is 5.75 Å². The van der Waals surface area contributed by atoms with Crippen LogP contribution in [0.3, 0.4) is 0 Å². The van der Waals surface area contributed by atoms with Crippen molar-refractivity contribution in [2.75, 3.05) is 0 Å². The molecule has 0 spiro atoms. The summed E-state index contributed by atoms with van der Waals surface area (Å²) in [4.78, 5) is 10.4. The van der Waals surface area contributed by atoms with Crippen molar-refractivity contribution in [3.05, 3.63) is 29.8 Å². The van der Waals surface area contributed by atoms with Crippen molar-refractivity contribution in [3.63, 3.8) is 0 Å². The summed E-state index contributed by atoms with van der Waals surface area (Å²) in [6, 6.07) is 3.93. The van der Waals surface area contributed by atoms with E-state index in [0.717, 1.165) is 24.3 Å². The maximum Gasteiger partial charge on any atom is 0.573 e. The van der Waals surface area contributed by atoms with Crippen LogP contribution in [-0.4, -0.2) is 22.5 Å². The van der Waals surface area contributed by atoms with Crippen LogP contribution in [0, 0.1) is 0 Å². The highest BCUT2D eigenvalue weighted by molar-refractivity contribution is 5.74. The Bertz CT molecular complexity index is 371. The van der Waals surface area contributed by atoms with Gasteiger partial charge in [-0.05, 0) is 17.7 Å². The second-order valence-electron chi connectivity index (χ2n) is 2.86. The molecule has 88 valence electrons. The Hall–Kier alpha value is -1.76. The summed E-state index contributed by atoms with van der Waals surface area (Å²) < 4.78 is 38.9. The molecule has 1 aromatic carbocycles. The quantitative estimate of drug-likeness (QED) is 0.838. The highest BCUT2D eigenvalue weighted by atomic mass is 19.4. The third-order valence-electron chi connectivity index (χ3n) is 1.66. The summed E-state index contributed by atoms with van der Waals surface area (Å²) in [6.07, 6.45) is -6.56. The smallest absolute Gasteiger partial charge is 0.479 e. The van der Waals surface area contributed by atoms with Gasteiger partial charge in [0, 0.05) is 0 Å². The number of benzene rings is 1. The minimum absolute atomic E-state index is 0.0259. The number of carboxylic acid groups (broad SMARTS) is 1. The van der Waals surface area contributed by atoms with E-state index in [1.54, 1.807) is 0 Å². The van der Waals surface area contributed by atoms with Crippen LogP contribution < -0.4 is 4.74 Å². The first-order valence-corrected chi connectivity index (χ1v) is 4.06. The molecule has 0 heterocycles. The molecule has 1 rings (SSSR count). The molecule has 0 saturated heterocycles. The Kier molecular flexibility index (Phi) is 3.38. The first-order chi connectivity index (χ1) is 7.29. The molecular weight excluding hydrogens is 229 g/mol. The number of hydrogen-bond donors (Lipinski definition) is 2. The third kappa shape index (κ3) is 3.43. The number of halogens is 3. The molecular formula is C9H7F3O4. The lowest BCUT2D eigenvalue weighted by Crippen LogP contribution is -2.17. The highest BCUT2D eigenvalue weighted by Crippen LogP contribution is 2.24. The van der Waals surface area contributed by atoms with E-state index in [-0.39, 0.29) is 5.56 Å². The zero-order valence-corrected chi connectivity index (χ0v) is 7.73. The molecule has 0 amide bonds. The molecule has 1 atom stereocenters. The molecule has 1 aromatic rings. The van der Waals surface area contributed by atoms with Crippen LogP contribution in [0.2, 0.25) is 0 Å². The van der Waals surface area contributed by atoms with E-state index in [9.17, 15) is 18.0 Å². The molecule has 0 aromatic heterocycles. The average molecular weight is 236 g/mol. The lowest BCUT2D eigenvalue weighted by Gasteiger charge is -2.10. The standard InChI is InChI=1S/C9H7F3O4/c10-9(11,12)16-6-3-1-5(2-4-6)7(13)8(14)15/h1-4,7,13H,(H,14,15). The van der Waals surface area contributed by atoms with Crippen LogP contribution in [0.25, 0.3) is 0 Å². The van der Waals surface area contributed by atoms with E-state index >= 15 is 0 Å². The maximum atomic E-state index is 11.8. The average Bonchev–Trinajstić information content (AvgIpc) is 2.15. The molecule has 0 aliphatic carbocycles. The molecule has 2 N–H and O–H groups in total. The van der Waals surface area contributed by atoms with Gasteiger partial charge in [-0.3, -0.25) is 0 Å². The number of aliphatic hydroxyl groups is 1. The predicted octanol–water partition coefficient (Wildman–Crippen LogP) is 1.70. The zero-order valence-electron chi connectivity index (χ0n) is 7.73. The van der Waals surface area contributed by atoms with E-state index in [1.165, 1.54) is 0 Å². The van der Waals surface area contributed by atoms with E-state index in [2.05, 4.69) is 4.74 Å². The summed E-state index contributed by atoms with van der Waals surface area (Å²) in [7, 11) is 0. The molecule has 0 saturated carbocycles. The van der Waals surface area contributed by atoms with Crippen molar-refractivity contribution in [1.82, 2.24) is 0 Å². The number of hydrogen-bond acceptors (Lipinski definition) is 3. The van der Waals surface area contributed by atoms with Gasteiger partial charge >= 0.3 is 12.3 Å². The van der Waals surface area contributed by atoms with Gasteiger partial charge in [0.15, 0.2) is 6.10 Å². The Morgan fingerprint density at radius 2 is 1.75 bits per heavy atom. The summed E-state index contributed by atoms with van der Waals surface area (Å²) in [5, 5.41) is 17.5. The molecule has 0 bridgehead atoms. The first-order valence-electron chi connectivity index (χ1n) is 4.06. The molecule has 0 aliphatic heterocycles. The van der Waals surface area contributed by atoms with Crippen LogP contribution in [0.15, 0.2) is 24.3 Å². The van der Waals surface area contributed by atoms with Gasteiger partial charge in [-0.1, -0.05) is 12.1 Å². The number of alkyl halides is 3. The third-order valence-corrected chi connectivity index (χ3v) is 1.66. The van der Waals surface area contributed by atoms with E-state index in [0.29, 0.717) is 0 Å². The number of aliphatic carboxylic acids is 1. The molecule has 7 heteroatoms. The van der Waals surface area contributed by atoms with Crippen molar-refractivity contribution < 1.29 is 32.9 Å². The van der Waals surface area contributed by atoms with E-state index in [1.807, 2.05) is 0 Å². The Morgan fingerprint density at radius 3 is 2.12 bits per heavy atom. The van der Waals surface area contributed by atoms with Crippen molar-refractivity contribution in [1.29, 1.82) is 0 Å². The minimum Gasteiger partial charge on any atom is -0.479 e. The number of aliphatic hydroxyl groups excluding tert-OH is 1. The normalized spacial score (nSPS) is 13.2. The minimum atomic E-state index is -4.80. The molecule has 0 fully saturated rings. The Labute approximate surface area is 87.9 Å². The zero-order chi connectivity index (χ0) is 12.3. The van der Waals surface area contributed by atoms with Crippen LogP contribution in [0.4, 0.5) is 13.2 Å². The highest BCUT2D eigenvalue weighted by Gasteiger charge is 2.31. The van der Waals surface area contributed by atoms with Gasteiger partial charge in [0.2, 0.25) is 0 Å². The number of carbonyl (C=O) groups is 1. The second-order valence-corrected chi connectivity index (χ2v) is 2.86. The van der Waals surface area contributed by atoms with Gasteiger partial charge in [0.05, 0.1) is 0 Å². The van der Waals surface area contributed by atoms with E-state index < -0.39 is 24.2 Å². The fraction of sp³-hybridized carbons (Fsp3) is 0.222. The molecule has 16 heavy (non-hydrogen) atoms. The fourth-order valence-corrected chi connectivity index (χ4v) is 0.994. The van der Waals surface area contributed by atoms with Crippen molar-refractivity contribution in [3.8, 4) is 5.75 Å². The Balaban J connectivity index is 2.79. The fourth-order valence-electron chi connectivity index (χ4n) is 0.994. The summed E-state index contributed by atoms with van der Waals surface area (Å²) in [5.41, 5.74) is -0.0259. The van der Waals surface area contributed by atoms with Gasteiger partial charge in [-0.15, -0.1) is 13.2 Å².